The first-order valence-corrected chi connectivity index (χ1v) is 9.77. The molecule has 6 nitrogen and oxygen atoms in total. The molecule has 2 heterocycles. The van der Waals surface area contributed by atoms with E-state index in [0.29, 0.717) is 12.1 Å². The smallest absolute Gasteiger partial charge is 0.274 e. The number of nitrogens with zero attached hydrogens (tertiary/aromatic N) is 3. The Bertz CT molecular complexity index is 843. The van der Waals surface area contributed by atoms with Crippen molar-refractivity contribution in [2.24, 2.45) is 5.92 Å². The molecule has 0 saturated carbocycles. The van der Waals surface area contributed by atoms with Crippen LogP contribution in [0.1, 0.15) is 65.6 Å². The van der Waals surface area contributed by atoms with Crippen molar-refractivity contribution in [3.8, 4) is 0 Å². The van der Waals surface area contributed by atoms with Gasteiger partial charge < -0.3 is 10.6 Å². The number of nitrogens with one attached hydrogen (secondary N) is 2. The Balaban J connectivity index is 1.56. The summed E-state index contributed by atoms with van der Waals surface area (Å²) in [5.41, 5.74) is 2.76. The van der Waals surface area contributed by atoms with E-state index in [-0.39, 0.29) is 29.7 Å². The van der Waals surface area contributed by atoms with Crippen LogP contribution >= 0.6 is 0 Å². The van der Waals surface area contributed by atoms with Crippen LogP contribution in [0, 0.1) is 18.7 Å². The average molecular weight is 371 g/mol. The van der Waals surface area contributed by atoms with E-state index in [1.807, 2.05) is 17.7 Å². The summed E-state index contributed by atoms with van der Waals surface area (Å²) >= 11 is 0. The second kappa shape index (κ2) is 7.38. The largest absolute Gasteiger partial charge is 0.343 e. The van der Waals surface area contributed by atoms with Crippen LogP contribution in [-0.2, 0) is 6.42 Å². The van der Waals surface area contributed by atoms with E-state index in [2.05, 4.69) is 27.9 Å². The molecule has 1 aliphatic heterocycles. The van der Waals surface area contributed by atoms with Crippen molar-refractivity contribution in [3.05, 3.63) is 46.5 Å². The monoisotopic (exact) mass is 371 g/mol. The van der Waals surface area contributed by atoms with Crippen molar-refractivity contribution >= 4 is 5.91 Å². The highest BCUT2D eigenvalue weighted by molar-refractivity contribution is 5.93. The quantitative estimate of drug-likeness (QED) is 0.870. The molecule has 2 atom stereocenters. The number of benzene rings is 1. The number of rotatable bonds is 3. The molecule has 0 radical (unpaired) electrons. The van der Waals surface area contributed by atoms with Crippen molar-refractivity contribution in [1.29, 1.82) is 0 Å². The first kappa shape index (κ1) is 18.1. The summed E-state index contributed by atoms with van der Waals surface area (Å²) in [5, 5.41) is 14.8. The minimum atomic E-state index is -0.235. The number of fused-ring (bicyclic) bond motifs is 1. The van der Waals surface area contributed by atoms with E-state index in [0.717, 1.165) is 49.2 Å². The summed E-state index contributed by atoms with van der Waals surface area (Å²) in [6.07, 6.45) is 3.52. The molecule has 7 heteroatoms. The Morgan fingerprint density at radius 3 is 2.85 bits per heavy atom. The van der Waals surface area contributed by atoms with Gasteiger partial charge in [-0.2, -0.15) is 0 Å². The van der Waals surface area contributed by atoms with Gasteiger partial charge in [0.1, 0.15) is 5.82 Å². The zero-order valence-electron chi connectivity index (χ0n) is 15.8. The molecule has 2 aliphatic rings. The van der Waals surface area contributed by atoms with Crippen LogP contribution in [0.3, 0.4) is 0 Å². The first-order valence-electron chi connectivity index (χ1n) is 9.77. The summed E-state index contributed by atoms with van der Waals surface area (Å²) in [4.78, 5) is 12.9. The van der Waals surface area contributed by atoms with Gasteiger partial charge in [0.05, 0.1) is 17.8 Å². The standard InChI is InChI=1S/C20H26FN5O/c1-12-6-7-15-16(4-3-5-17(15)21)18(12)23-20(27)19-13(2)26(25-24-19)14-8-10-22-11-9-14/h3-5,12,14,18,22H,6-11H2,1-2H3,(H,23,27). The summed E-state index contributed by atoms with van der Waals surface area (Å²) in [6, 6.07) is 5.19. The van der Waals surface area contributed by atoms with Gasteiger partial charge in [0.15, 0.2) is 5.69 Å². The van der Waals surface area contributed by atoms with Crippen molar-refractivity contribution < 1.29 is 9.18 Å². The van der Waals surface area contributed by atoms with Gasteiger partial charge in [-0.1, -0.05) is 24.3 Å². The van der Waals surface area contributed by atoms with Gasteiger partial charge in [0.25, 0.3) is 5.91 Å². The number of carbonyl (C=O) groups excluding carboxylic acids is 1. The summed E-state index contributed by atoms with van der Waals surface area (Å²) in [7, 11) is 0. The molecule has 0 spiro atoms. The van der Waals surface area contributed by atoms with E-state index < -0.39 is 0 Å². The van der Waals surface area contributed by atoms with E-state index in [1.54, 1.807) is 6.07 Å². The SMILES string of the molecule is Cc1c(C(=O)NC2c3cccc(F)c3CCC2C)nnn1C1CCNCC1. The van der Waals surface area contributed by atoms with Gasteiger partial charge in [-0.15, -0.1) is 5.10 Å². The molecule has 2 N–H and O–H groups in total. The highest BCUT2D eigenvalue weighted by atomic mass is 19.1. The molecule has 144 valence electrons. The Hall–Kier alpha value is -2.28. The van der Waals surface area contributed by atoms with Crippen LogP contribution in [-0.4, -0.2) is 34.0 Å². The summed E-state index contributed by atoms with van der Waals surface area (Å²) in [6.45, 7) is 5.90. The molecule has 1 aromatic carbocycles. The van der Waals surface area contributed by atoms with E-state index in [1.165, 1.54) is 6.07 Å². The Kier molecular flexibility index (Phi) is 4.95. The molecule has 1 fully saturated rings. The lowest BCUT2D eigenvalue weighted by molar-refractivity contribution is 0.0913. The zero-order valence-corrected chi connectivity index (χ0v) is 15.8. The molecule has 4 rings (SSSR count). The fourth-order valence-corrected chi connectivity index (χ4v) is 4.35. The highest BCUT2D eigenvalue weighted by Crippen LogP contribution is 2.35. The van der Waals surface area contributed by atoms with Gasteiger partial charge >= 0.3 is 0 Å². The maximum Gasteiger partial charge on any atom is 0.274 e. The van der Waals surface area contributed by atoms with E-state index in [4.69, 9.17) is 0 Å². The highest BCUT2D eigenvalue weighted by Gasteiger charge is 2.31. The summed E-state index contributed by atoms with van der Waals surface area (Å²) < 4.78 is 16.0. The lowest BCUT2D eigenvalue weighted by Gasteiger charge is -2.32. The molecule has 2 aromatic rings. The number of piperidine rings is 1. The van der Waals surface area contributed by atoms with Gasteiger partial charge in [-0.25, -0.2) is 9.07 Å². The number of halogens is 1. The third-order valence-corrected chi connectivity index (χ3v) is 5.99. The fourth-order valence-electron chi connectivity index (χ4n) is 4.35. The molecular weight excluding hydrogens is 345 g/mol. The van der Waals surface area contributed by atoms with Crippen LogP contribution in [0.4, 0.5) is 4.39 Å². The Labute approximate surface area is 158 Å². The Morgan fingerprint density at radius 1 is 1.30 bits per heavy atom. The molecule has 1 saturated heterocycles. The molecule has 2 unspecified atom stereocenters. The van der Waals surface area contributed by atoms with Crippen LogP contribution < -0.4 is 10.6 Å². The fraction of sp³-hybridized carbons (Fsp3) is 0.550. The predicted molar refractivity (Wildman–Crippen MR) is 100.0 cm³/mol. The van der Waals surface area contributed by atoms with Crippen molar-refractivity contribution in [2.75, 3.05) is 13.1 Å². The number of aromatic nitrogens is 3. The molecule has 1 amide bonds. The number of hydrogen-bond acceptors (Lipinski definition) is 4. The van der Waals surface area contributed by atoms with Crippen molar-refractivity contribution in [2.45, 2.75) is 51.6 Å². The third kappa shape index (κ3) is 3.36. The van der Waals surface area contributed by atoms with Gasteiger partial charge in [-0.3, -0.25) is 4.79 Å². The second-order valence-electron chi connectivity index (χ2n) is 7.72. The zero-order chi connectivity index (χ0) is 19.0. The van der Waals surface area contributed by atoms with Crippen molar-refractivity contribution in [3.63, 3.8) is 0 Å². The van der Waals surface area contributed by atoms with Crippen molar-refractivity contribution in [1.82, 2.24) is 25.6 Å². The minimum Gasteiger partial charge on any atom is -0.343 e. The minimum absolute atomic E-state index is 0.188. The second-order valence-corrected chi connectivity index (χ2v) is 7.72. The molecule has 1 aliphatic carbocycles. The topological polar surface area (TPSA) is 71.8 Å². The number of hydrogen-bond donors (Lipinski definition) is 2. The molecule has 1 aromatic heterocycles. The first-order chi connectivity index (χ1) is 13.1. The lowest BCUT2D eigenvalue weighted by Crippen LogP contribution is -2.36. The van der Waals surface area contributed by atoms with Crippen LogP contribution in [0.15, 0.2) is 18.2 Å². The lowest BCUT2D eigenvalue weighted by atomic mass is 9.80. The van der Waals surface area contributed by atoms with Gasteiger partial charge in [0, 0.05) is 0 Å². The number of amides is 1. The number of carbonyl (C=O) groups is 1. The van der Waals surface area contributed by atoms with Crippen LogP contribution in [0.5, 0.6) is 0 Å². The maximum absolute atomic E-state index is 14.2. The predicted octanol–water partition coefficient (Wildman–Crippen LogP) is 2.70. The van der Waals surface area contributed by atoms with Crippen LogP contribution in [0.2, 0.25) is 0 Å². The van der Waals surface area contributed by atoms with Gasteiger partial charge in [0.2, 0.25) is 0 Å². The van der Waals surface area contributed by atoms with E-state index in [9.17, 15) is 9.18 Å². The third-order valence-electron chi connectivity index (χ3n) is 5.99. The van der Waals surface area contributed by atoms with Gasteiger partial charge in [-0.05, 0) is 68.8 Å². The molecule has 27 heavy (non-hydrogen) atoms. The summed E-state index contributed by atoms with van der Waals surface area (Å²) in [5.74, 6) is -0.184. The maximum atomic E-state index is 14.2. The van der Waals surface area contributed by atoms with E-state index >= 15 is 0 Å². The Morgan fingerprint density at radius 2 is 2.07 bits per heavy atom. The van der Waals surface area contributed by atoms with Crippen LogP contribution in [0.25, 0.3) is 0 Å². The normalized spacial score (nSPS) is 23.1. The average Bonchev–Trinajstić information content (AvgIpc) is 3.06. The molecule has 0 bridgehead atoms. The molecular formula is C20H26FN5O.